The van der Waals surface area contributed by atoms with Crippen LogP contribution < -0.4 is 5.32 Å². The number of hydrogen-bond donors (Lipinski definition) is 2. The summed E-state index contributed by atoms with van der Waals surface area (Å²) in [6, 6.07) is 0.562. The molecule has 1 heterocycles. The molecule has 0 aromatic carbocycles. The Balaban J connectivity index is 2.17. The normalized spacial score (nSPS) is 22.0. The number of ether oxygens (including phenoxy) is 1. The minimum absolute atomic E-state index is 0.562. The maximum Gasteiger partial charge on any atom is 0.0765 e. The van der Waals surface area contributed by atoms with Gasteiger partial charge >= 0.3 is 0 Å². The highest BCUT2D eigenvalue weighted by atomic mass is 16.5. The molecule has 1 aliphatic rings. The number of rotatable bonds is 8. The second kappa shape index (κ2) is 8.10. The fourth-order valence-corrected chi connectivity index (χ4v) is 2.45. The average molecular weight is 258 g/mol. The Kier molecular flexibility index (Phi) is 7.15. The molecule has 0 bridgehead atoms. The molecule has 0 aliphatic carbocycles. The number of hydrogen-bond acceptors (Lipinski definition) is 4. The van der Waals surface area contributed by atoms with E-state index in [0.717, 1.165) is 0 Å². The van der Waals surface area contributed by atoms with E-state index in [4.69, 9.17) is 4.74 Å². The van der Waals surface area contributed by atoms with Crippen LogP contribution in [0.4, 0.5) is 0 Å². The van der Waals surface area contributed by atoms with Gasteiger partial charge in [0.15, 0.2) is 0 Å². The summed E-state index contributed by atoms with van der Waals surface area (Å²) in [4.78, 5) is 2.53. The molecule has 1 saturated heterocycles. The lowest BCUT2D eigenvalue weighted by atomic mass is 10.00. The topological polar surface area (TPSA) is 44.7 Å². The fourth-order valence-electron chi connectivity index (χ4n) is 2.45. The largest absolute Gasteiger partial charge is 0.389 e. The van der Waals surface area contributed by atoms with Crippen LogP contribution in [-0.4, -0.2) is 61.5 Å². The molecular formula is C14H30N2O2. The van der Waals surface area contributed by atoms with Crippen LogP contribution in [0.2, 0.25) is 0 Å². The van der Waals surface area contributed by atoms with Gasteiger partial charge in [0.05, 0.1) is 5.60 Å². The number of piperidine rings is 1. The maximum absolute atomic E-state index is 10.2. The van der Waals surface area contributed by atoms with Gasteiger partial charge in [0, 0.05) is 32.7 Å². The van der Waals surface area contributed by atoms with Gasteiger partial charge < -0.3 is 20.1 Å². The third kappa shape index (κ3) is 6.14. The summed E-state index contributed by atoms with van der Waals surface area (Å²) in [6.45, 7) is 8.98. The molecule has 18 heavy (non-hydrogen) atoms. The molecular weight excluding hydrogens is 228 g/mol. The molecule has 1 unspecified atom stereocenters. The van der Waals surface area contributed by atoms with Gasteiger partial charge in [-0.3, -0.25) is 0 Å². The first-order valence-corrected chi connectivity index (χ1v) is 7.24. The van der Waals surface area contributed by atoms with E-state index in [2.05, 4.69) is 17.1 Å². The first kappa shape index (κ1) is 15.9. The molecule has 1 rings (SSSR count). The molecule has 1 atom stereocenters. The molecule has 1 aliphatic heterocycles. The van der Waals surface area contributed by atoms with Gasteiger partial charge in [-0.25, -0.2) is 0 Å². The van der Waals surface area contributed by atoms with Crippen molar-refractivity contribution in [3.8, 4) is 0 Å². The highest BCUT2D eigenvalue weighted by molar-refractivity contribution is 4.82. The third-order valence-corrected chi connectivity index (χ3v) is 3.74. The molecule has 0 aromatic rings. The predicted octanol–water partition coefficient (Wildman–Crippen LogP) is 1.24. The standard InChI is InChI=1S/C14H30N2O2/c1-4-8-16-9-5-13(6-10-16)15-12-14(2,17)7-11-18-3/h13,15,17H,4-12H2,1-3H3. The van der Waals surface area contributed by atoms with Crippen molar-refractivity contribution in [3.63, 3.8) is 0 Å². The van der Waals surface area contributed by atoms with Crippen LogP contribution in [-0.2, 0) is 4.74 Å². The SMILES string of the molecule is CCCN1CCC(NCC(C)(O)CCOC)CC1. The molecule has 4 heteroatoms. The van der Waals surface area contributed by atoms with Crippen LogP contribution in [0.15, 0.2) is 0 Å². The molecule has 4 nitrogen and oxygen atoms in total. The van der Waals surface area contributed by atoms with Gasteiger partial charge in [0.2, 0.25) is 0 Å². The quantitative estimate of drug-likeness (QED) is 0.687. The highest BCUT2D eigenvalue weighted by Gasteiger charge is 2.23. The van der Waals surface area contributed by atoms with Crippen molar-refractivity contribution in [3.05, 3.63) is 0 Å². The predicted molar refractivity (Wildman–Crippen MR) is 74.9 cm³/mol. The Hall–Kier alpha value is -0.160. The summed E-state index contributed by atoms with van der Waals surface area (Å²) in [5.74, 6) is 0. The van der Waals surface area contributed by atoms with Crippen molar-refractivity contribution in [2.24, 2.45) is 0 Å². The van der Waals surface area contributed by atoms with Gasteiger partial charge in [-0.15, -0.1) is 0 Å². The molecule has 0 amide bonds. The molecule has 2 N–H and O–H groups in total. The van der Waals surface area contributed by atoms with Crippen LogP contribution in [0.25, 0.3) is 0 Å². The van der Waals surface area contributed by atoms with Gasteiger partial charge in [0.25, 0.3) is 0 Å². The van der Waals surface area contributed by atoms with Crippen LogP contribution in [0.3, 0.4) is 0 Å². The van der Waals surface area contributed by atoms with Crippen LogP contribution in [0, 0.1) is 0 Å². The zero-order valence-corrected chi connectivity index (χ0v) is 12.2. The van der Waals surface area contributed by atoms with Crippen molar-refractivity contribution < 1.29 is 9.84 Å². The molecule has 0 radical (unpaired) electrons. The zero-order chi connectivity index (χ0) is 13.4. The highest BCUT2D eigenvalue weighted by Crippen LogP contribution is 2.13. The Bertz CT molecular complexity index is 214. The second-order valence-corrected chi connectivity index (χ2v) is 5.74. The van der Waals surface area contributed by atoms with Gasteiger partial charge in [-0.05, 0) is 45.8 Å². The minimum atomic E-state index is -0.656. The Morgan fingerprint density at radius 3 is 2.61 bits per heavy atom. The summed E-state index contributed by atoms with van der Waals surface area (Å²) in [6.07, 6.45) is 4.32. The number of nitrogens with zero attached hydrogens (tertiary/aromatic N) is 1. The summed E-state index contributed by atoms with van der Waals surface area (Å²) in [5.41, 5.74) is -0.656. The first-order chi connectivity index (χ1) is 8.57. The average Bonchev–Trinajstić information content (AvgIpc) is 2.36. The molecule has 0 aromatic heterocycles. The molecule has 0 saturated carbocycles. The summed E-state index contributed by atoms with van der Waals surface area (Å²) >= 11 is 0. The van der Waals surface area contributed by atoms with Crippen LogP contribution in [0.5, 0.6) is 0 Å². The van der Waals surface area contributed by atoms with E-state index in [1.54, 1.807) is 7.11 Å². The lowest BCUT2D eigenvalue weighted by Gasteiger charge is -2.34. The fraction of sp³-hybridized carbons (Fsp3) is 1.00. The monoisotopic (exact) mass is 258 g/mol. The smallest absolute Gasteiger partial charge is 0.0765 e. The molecule has 0 spiro atoms. The number of aliphatic hydroxyl groups is 1. The minimum Gasteiger partial charge on any atom is -0.389 e. The zero-order valence-electron chi connectivity index (χ0n) is 12.2. The second-order valence-electron chi connectivity index (χ2n) is 5.74. The maximum atomic E-state index is 10.2. The Morgan fingerprint density at radius 1 is 1.39 bits per heavy atom. The lowest BCUT2D eigenvalue weighted by molar-refractivity contribution is 0.0206. The number of likely N-dealkylation sites (tertiary alicyclic amines) is 1. The van der Waals surface area contributed by atoms with E-state index in [9.17, 15) is 5.11 Å². The van der Waals surface area contributed by atoms with Gasteiger partial charge in [0.1, 0.15) is 0 Å². The summed E-state index contributed by atoms with van der Waals surface area (Å²) in [5, 5.41) is 13.7. The van der Waals surface area contributed by atoms with E-state index in [0.29, 0.717) is 25.6 Å². The lowest BCUT2D eigenvalue weighted by Crippen LogP contribution is -2.48. The van der Waals surface area contributed by atoms with E-state index in [-0.39, 0.29) is 0 Å². The van der Waals surface area contributed by atoms with E-state index >= 15 is 0 Å². The molecule has 108 valence electrons. The van der Waals surface area contributed by atoms with Gasteiger partial charge in [-0.2, -0.15) is 0 Å². The first-order valence-electron chi connectivity index (χ1n) is 7.24. The number of nitrogens with one attached hydrogen (secondary N) is 1. The summed E-state index contributed by atoms with van der Waals surface area (Å²) in [7, 11) is 1.67. The van der Waals surface area contributed by atoms with Crippen molar-refractivity contribution in [2.45, 2.75) is 51.2 Å². The van der Waals surface area contributed by atoms with Crippen molar-refractivity contribution in [1.82, 2.24) is 10.2 Å². The Labute approximate surface area is 112 Å². The summed E-state index contributed by atoms with van der Waals surface area (Å²) < 4.78 is 5.02. The van der Waals surface area contributed by atoms with E-state index in [1.165, 1.54) is 38.9 Å². The van der Waals surface area contributed by atoms with Crippen LogP contribution >= 0.6 is 0 Å². The van der Waals surface area contributed by atoms with Crippen molar-refractivity contribution in [1.29, 1.82) is 0 Å². The Morgan fingerprint density at radius 2 is 2.06 bits per heavy atom. The van der Waals surface area contributed by atoms with Crippen LogP contribution in [0.1, 0.15) is 39.5 Å². The molecule has 1 fully saturated rings. The van der Waals surface area contributed by atoms with Gasteiger partial charge in [-0.1, -0.05) is 6.92 Å². The van der Waals surface area contributed by atoms with Crippen molar-refractivity contribution >= 4 is 0 Å². The van der Waals surface area contributed by atoms with Crippen molar-refractivity contribution in [2.75, 3.05) is 39.9 Å². The third-order valence-electron chi connectivity index (χ3n) is 3.74. The van der Waals surface area contributed by atoms with E-state index < -0.39 is 5.60 Å². The number of methoxy groups -OCH3 is 1. The van der Waals surface area contributed by atoms with E-state index in [1.807, 2.05) is 6.92 Å².